The molecule has 7 heteroatoms. The van der Waals surface area contributed by atoms with Crippen molar-refractivity contribution in [3.63, 3.8) is 0 Å². The second-order valence-electron chi connectivity index (χ2n) is 4.13. The van der Waals surface area contributed by atoms with E-state index in [4.69, 9.17) is 0 Å². The zero-order chi connectivity index (χ0) is 14.9. The molecule has 2 rings (SSSR count). The fourth-order valence-electron chi connectivity index (χ4n) is 1.68. The first-order valence-corrected chi connectivity index (χ1v) is 7.07. The third kappa shape index (κ3) is 3.52. The number of alkyl halides is 3. The smallest absolute Gasteiger partial charge is 0.309 e. The Morgan fingerprint density at radius 3 is 2.25 bits per heavy atom. The first-order valence-electron chi connectivity index (χ1n) is 5.49. The molecule has 1 aromatic carbocycles. The van der Waals surface area contributed by atoms with Gasteiger partial charge in [-0.3, -0.25) is 4.79 Å². The number of aromatic nitrogens is 1. The summed E-state index contributed by atoms with van der Waals surface area (Å²) in [4.78, 5) is 11.9. The zero-order valence-electron chi connectivity index (χ0n) is 9.92. The minimum absolute atomic E-state index is 0.203. The van der Waals surface area contributed by atoms with Crippen LogP contribution in [0.1, 0.15) is 11.1 Å². The lowest BCUT2D eigenvalue weighted by Crippen LogP contribution is -2.20. The summed E-state index contributed by atoms with van der Waals surface area (Å²) in [7, 11) is 0. The van der Waals surface area contributed by atoms with E-state index in [0.717, 1.165) is 12.1 Å². The molecule has 0 atom stereocenters. The Kier molecular flexibility index (Phi) is 4.39. The SMILES string of the molecule is O=c1c(Br)cc(Br)cn1Cc1ccc(C(F)(F)F)cc1. The number of rotatable bonds is 2. The summed E-state index contributed by atoms with van der Waals surface area (Å²) in [5.74, 6) is 0. The van der Waals surface area contributed by atoms with Crippen molar-refractivity contribution in [1.82, 2.24) is 4.57 Å². The number of halogens is 5. The maximum absolute atomic E-state index is 12.4. The van der Waals surface area contributed by atoms with Crippen LogP contribution in [0.15, 0.2) is 50.3 Å². The lowest BCUT2D eigenvalue weighted by molar-refractivity contribution is -0.137. The van der Waals surface area contributed by atoms with Gasteiger partial charge >= 0.3 is 6.18 Å². The maximum Gasteiger partial charge on any atom is 0.416 e. The van der Waals surface area contributed by atoms with Crippen LogP contribution < -0.4 is 5.56 Å². The van der Waals surface area contributed by atoms with Gasteiger partial charge < -0.3 is 4.57 Å². The Bertz CT molecular complexity index is 677. The van der Waals surface area contributed by atoms with Gasteiger partial charge in [0, 0.05) is 10.7 Å². The van der Waals surface area contributed by atoms with E-state index in [-0.39, 0.29) is 12.1 Å². The summed E-state index contributed by atoms with van der Waals surface area (Å²) in [6, 6.07) is 6.36. The summed E-state index contributed by atoms with van der Waals surface area (Å²) in [6.07, 6.45) is -2.76. The molecule has 0 saturated carbocycles. The van der Waals surface area contributed by atoms with E-state index < -0.39 is 11.7 Å². The van der Waals surface area contributed by atoms with Crippen molar-refractivity contribution in [3.8, 4) is 0 Å². The van der Waals surface area contributed by atoms with E-state index in [0.29, 0.717) is 14.5 Å². The van der Waals surface area contributed by atoms with Crippen molar-refractivity contribution in [1.29, 1.82) is 0 Å². The summed E-state index contributed by atoms with van der Waals surface area (Å²) >= 11 is 6.40. The Morgan fingerprint density at radius 1 is 1.10 bits per heavy atom. The van der Waals surface area contributed by atoms with E-state index in [1.165, 1.54) is 16.7 Å². The highest BCUT2D eigenvalue weighted by molar-refractivity contribution is 9.11. The molecule has 0 spiro atoms. The molecule has 0 bridgehead atoms. The lowest BCUT2D eigenvalue weighted by atomic mass is 10.1. The van der Waals surface area contributed by atoms with Crippen molar-refractivity contribution in [2.24, 2.45) is 0 Å². The predicted octanol–water partition coefficient (Wildman–Crippen LogP) is 4.44. The molecule has 0 amide bonds. The first kappa shape index (κ1) is 15.3. The monoisotopic (exact) mass is 409 g/mol. The average molecular weight is 411 g/mol. The highest BCUT2D eigenvalue weighted by Gasteiger charge is 2.29. The van der Waals surface area contributed by atoms with Gasteiger partial charge in [0.15, 0.2) is 0 Å². The van der Waals surface area contributed by atoms with Gasteiger partial charge in [0.1, 0.15) is 0 Å². The number of hydrogen-bond acceptors (Lipinski definition) is 1. The van der Waals surface area contributed by atoms with Gasteiger partial charge in [-0.25, -0.2) is 0 Å². The van der Waals surface area contributed by atoms with Gasteiger partial charge in [0.2, 0.25) is 0 Å². The van der Waals surface area contributed by atoms with Crippen molar-refractivity contribution >= 4 is 31.9 Å². The number of benzene rings is 1. The lowest BCUT2D eigenvalue weighted by Gasteiger charge is -2.10. The maximum atomic E-state index is 12.4. The molecule has 0 radical (unpaired) electrons. The van der Waals surface area contributed by atoms with Crippen LogP contribution in [0.5, 0.6) is 0 Å². The van der Waals surface area contributed by atoms with E-state index >= 15 is 0 Å². The van der Waals surface area contributed by atoms with Gasteiger partial charge in [-0.2, -0.15) is 13.2 Å². The minimum atomic E-state index is -4.35. The molecule has 20 heavy (non-hydrogen) atoms. The van der Waals surface area contributed by atoms with Gasteiger partial charge in [-0.05, 0) is 55.6 Å². The molecule has 0 aliphatic heterocycles. The van der Waals surface area contributed by atoms with Gasteiger partial charge in [0.05, 0.1) is 16.6 Å². The molecule has 1 aromatic heterocycles. The van der Waals surface area contributed by atoms with Crippen LogP contribution >= 0.6 is 31.9 Å². The van der Waals surface area contributed by atoms with Crippen LogP contribution in [0.4, 0.5) is 13.2 Å². The molecule has 2 nitrogen and oxygen atoms in total. The van der Waals surface area contributed by atoms with Crippen LogP contribution in [0, 0.1) is 0 Å². The molecule has 0 saturated heterocycles. The first-order chi connectivity index (χ1) is 9.27. The highest BCUT2D eigenvalue weighted by atomic mass is 79.9. The number of hydrogen-bond donors (Lipinski definition) is 0. The molecular formula is C13H8Br2F3NO. The van der Waals surface area contributed by atoms with Gasteiger partial charge in [-0.15, -0.1) is 0 Å². The van der Waals surface area contributed by atoms with Crippen molar-refractivity contribution in [2.45, 2.75) is 12.7 Å². The average Bonchev–Trinajstić information content (AvgIpc) is 2.35. The largest absolute Gasteiger partial charge is 0.416 e. The Morgan fingerprint density at radius 2 is 1.70 bits per heavy atom. The summed E-state index contributed by atoms with van der Waals surface area (Å²) in [6.45, 7) is 0.203. The van der Waals surface area contributed by atoms with Crippen molar-refractivity contribution in [3.05, 3.63) is 67.0 Å². The summed E-state index contributed by atoms with van der Waals surface area (Å²) in [5.41, 5.74) is -0.331. The Balaban J connectivity index is 2.29. The highest BCUT2D eigenvalue weighted by Crippen LogP contribution is 2.29. The normalized spacial score (nSPS) is 11.7. The molecule has 0 N–H and O–H groups in total. The predicted molar refractivity (Wildman–Crippen MR) is 76.6 cm³/mol. The topological polar surface area (TPSA) is 22.0 Å². The van der Waals surface area contributed by atoms with Crippen molar-refractivity contribution in [2.75, 3.05) is 0 Å². The van der Waals surface area contributed by atoms with Crippen LogP contribution in [0.2, 0.25) is 0 Å². The van der Waals surface area contributed by atoms with Crippen LogP contribution in [-0.2, 0) is 12.7 Å². The fraction of sp³-hybridized carbons (Fsp3) is 0.154. The molecule has 2 aromatic rings. The third-order valence-electron chi connectivity index (χ3n) is 2.64. The van der Waals surface area contributed by atoms with E-state index in [2.05, 4.69) is 31.9 Å². The second-order valence-corrected chi connectivity index (χ2v) is 5.90. The molecule has 0 aliphatic carbocycles. The van der Waals surface area contributed by atoms with Crippen molar-refractivity contribution < 1.29 is 13.2 Å². The summed E-state index contributed by atoms with van der Waals surface area (Å²) in [5, 5.41) is 0. The standard InChI is InChI=1S/C13H8Br2F3NO/c14-10-5-11(15)12(20)19(7-10)6-8-1-3-9(4-2-8)13(16,17)18/h1-5,7H,6H2. The van der Waals surface area contributed by atoms with Crippen LogP contribution in [0.3, 0.4) is 0 Å². The second kappa shape index (κ2) is 5.73. The zero-order valence-corrected chi connectivity index (χ0v) is 13.1. The molecular weight excluding hydrogens is 403 g/mol. The molecule has 0 aliphatic rings. The number of nitrogens with zero attached hydrogens (tertiary/aromatic N) is 1. The quantitative estimate of drug-likeness (QED) is 0.717. The Hall–Kier alpha value is -1.08. The van der Waals surface area contributed by atoms with Crippen LogP contribution in [0.25, 0.3) is 0 Å². The molecule has 1 heterocycles. The van der Waals surface area contributed by atoms with Gasteiger partial charge in [-0.1, -0.05) is 12.1 Å². The molecule has 0 fully saturated rings. The van der Waals surface area contributed by atoms with E-state index in [9.17, 15) is 18.0 Å². The fourth-order valence-corrected chi connectivity index (χ4v) is 2.94. The van der Waals surface area contributed by atoms with E-state index in [1.807, 2.05) is 0 Å². The summed E-state index contributed by atoms with van der Waals surface area (Å²) < 4.78 is 39.9. The van der Waals surface area contributed by atoms with E-state index in [1.54, 1.807) is 12.3 Å². The van der Waals surface area contributed by atoms with Crippen LogP contribution in [-0.4, -0.2) is 4.57 Å². The minimum Gasteiger partial charge on any atom is -0.309 e. The van der Waals surface area contributed by atoms with Gasteiger partial charge in [0.25, 0.3) is 5.56 Å². The molecule has 0 unspecified atom stereocenters. The molecule has 106 valence electrons. The Labute approximate surface area is 129 Å². The number of pyridine rings is 1. The third-order valence-corrected chi connectivity index (χ3v) is 3.64.